The Morgan fingerprint density at radius 1 is 1.41 bits per heavy atom. The van der Waals surface area contributed by atoms with E-state index in [4.69, 9.17) is 5.73 Å². The van der Waals surface area contributed by atoms with E-state index in [1.165, 1.54) is 44.9 Å². The number of hydrogen-bond acceptors (Lipinski definition) is 2. The van der Waals surface area contributed by atoms with E-state index in [9.17, 15) is 4.79 Å². The third-order valence-electron chi connectivity index (χ3n) is 4.94. The number of carbonyl (C=O) groups is 1. The number of rotatable bonds is 3. The first-order chi connectivity index (χ1) is 8.18. The lowest BCUT2D eigenvalue weighted by Crippen LogP contribution is -2.38. The standard InChI is InChI=1S/C14H26N2O/c1-2-4-11-5-3-7-14(8-6-11)10-16-9-12(14)13(15)17/h11-12,16H,2-10H2,1H3,(H2,15,17). The summed E-state index contributed by atoms with van der Waals surface area (Å²) in [6, 6.07) is 0. The summed E-state index contributed by atoms with van der Waals surface area (Å²) in [5.41, 5.74) is 5.76. The topological polar surface area (TPSA) is 55.1 Å². The molecule has 1 heterocycles. The van der Waals surface area contributed by atoms with Crippen molar-refractivity contribution in [2.24, 2.45) is 23.0 Å². The zero-order valence-electron chi connectivity index (χ0n) is 11.0. The molecule has 2 fully saturated rings. The molecule has 3 heteroatoms. The van der Waals surface area contributed by atoms with E-state index in [1.807, 2.05) is 0 Å². The molecule has 1 spiro atoms. The average molecular weight is 238 g/mol. The number of primary amides is 1. The molecule has 1 aliphatic carbocycles. The number of nitrogens with one attached hydrogen (secondary N) is 1. The second kappa shape index (κ2) is 5.38. The maximum atomic E-state index is 11.6. The molecule has 3 unspecified atom stereocenters. The first-order valence-electron chi connectivity index (χ1n) is 7.18. The minimum absolute atomic E-state index is 0.0721. The van der Waals surface area contributed by atoms with Gasteiger partial charge < -0.3 is 11.1 Å². The average Bonchev–Trinajstić information content (AvgIpc) is 2.59. The maximum Gasteiger partial charge on any atom is 0.222 e. The lowest BCUT2D eigenvalue weighted by molar-refractivity contribution is -0.124. The number of carbonyl (C=O) groups excluding carboxylic acids is 1. The van der Waals surface area contributed by atoms with Crippen molar-refractivity contribution >= 4 is 5.91 Å². The van der Waals surface area contributed by atoms with Crippen molar-refractivity contribution in [1.82, 2.24) is 5.32 Å². The largest absolute Gasteiger partial charge is 0.369 e. The van der Waals surface area contributed by atoms with Gasteiger partial charge in [-0.15, -0.1) is 0 Å². The van der Waals surface area contributed by atoms with Gasteiger partial charge in [0.25, 0.3) is 0 Å². The Morgan fingerprint density at radius 2 is 2.24 bits per heavy atom. The molecule has 1 aliphatic heterocycles. The molecule has 2 aliphatic rings. The van der Waals surface area contributed by atoms with Crippen LogP contribution in [0.4, 0.5) is 0 Å². The zero-order valence-corrected chi connectivity index (χ0v) is 11.0. The molecule has 1 saturated carbocycles. The van der Waals surface area contributed by atoms with Crippen LogP contribution in [0.2, 0.25) is 0 Å². The molecule has 17 heavy (non-hydrogen) atoms. The van der Waals surface area contributed by atoms with E-state index in [0.29, 0.717) is 0 Å². The van der Waals surface area contributed by atoms with Crippen LogP contribution >= 0.6 is 0 Å². The first kappa shape index (κ1) is 12.9. The van der Waals surface area contributed by atoms with Crippen molar-refractivity contribution in [2.45, 2.75) is 51.9 Å². The highest BCUT2D eigenvalue weighted by atomic mass is 16.1. The summed E-state index contributed by atoms with van der Waals surface area (Å²) < 4.78 is 0. The van der Waals surface area contributed by atoms with E-state index in [-0.39, 0.29) is 17.2 Å². The van der Waals surface area contributed by atoms with E-state index < -0.39 is 0 Å². The van der Waals surface area contributed by atoms with E-state index in [2.05, 4.69) is 12.2 Å². The van der Waals surface area contributed by atoms with Gasteiger partial charge in [0.15, 0.2) is 0 Å². The summed E-state index contributed by atoms with van der Waals surface area (Å²) in [4.78, 5) is 11.6. The van der Waals surface area contributed by atoms with Crippen molar-refractivity contribution in [3.8, 4) is 0 Å². The lowest BCUT2D eigenvalue weighted by Gasteiger charge is -2.32. The Kier molecular flexibility index (Phi) is 4.08. The summed E-state index contributed by atoms with van der Waals surface area (Å²) in [5.74, 6) is 0.861. The van der Waals surface area contributed by atoms with Crippen LogP contribution in [0.1, 0.15) is 51.9 Å². The fraction of sp³-hybridized carbons (Fsp3) is 0.929. The van der Waals surface area contributed by atoms with Crippen molar-refractivity contribution in [1.29, 1.82) is 0 Å². The number of nitrogens with two attached hydrogens (primary N) is 1. The van der Waals surface area contributed by atoms with E-state index in [0.717, 1.165) is 19.0 Å². The highest BCUT2D eigenvalue weighted by Crippen LogP contribution is 2.45. The van der Waals surface area contributed by atoms with Gasteiger partial charge in [0, 0.05) is 13.1 Å². The molecule has 0 bridgehead atoms. The molecule has 1 saturated heterocycles. The third kappa shape index (κ3) is 2.65. The fourth-order valence-corrected chi connectivity index (χ4v) is 3.93. The quantitative estimate of drug-likeness (QED) is 0.790. The summed E-state index contributed by atoms with van der Waals surface area (Å²) in [6.07, 6.45) is 8.93. The minimum atomic E-state index is -0.0936. The van der Waals surface area contributed by atoms with Gasteiger partial charge in [-0.25, -0.2) is 0 Å². The van der Waals surface area contributed by atoms with Gasteiger partial charge in [-0.3, -0.25) is 4.79 Å². The number of amides is 1. The monoisotopic (exact) mass is 238 g/mol. The molecule has 0 aromatic rings. The predicted octanol–water partition coefficient (Wildman–Crippen LogP) is 2.06. The maximum absolute atomic E-state index is 11.6. The second-order valence-electron chi connectivity index (χ2n) is 6.03. The van der Waals surface area contributed by atoms with E-state index >= 15 is 0 Å². The SMILES string of the molecule is CCCC1CCCC2(CC1)CNCC2C(N)=O. The van der Waals surface area contributed by atoms with Crippen LogP contribution in [0.15, 0.2) is 0 Å². The van der Waals surface area contributed by atoms with Crippen LogP contribution in [0.3, 0.4) is 0 Å². The van der Waals surface area contributed by atoms with Crippen LogP contribution in [0, 0.1) is 17.3 Å². The van der Waals surface area contributed by atoms with Crippen molar-refractivity contribution in [3.05, 3.63) is 0 Å². The van der Waals surface area contributed by atoms with Crippen molar-refractivity contribution < 1.29 is 4.79 Å². The van der Waals surface area contributed by atoms with Crippen LogP contribution in [0.5, 0.6) is 0 Å². The zero-order chi connectivity index (χ0) is 12.3. The highest BCUT2D eigenvalue weighted by molar-refractivity contribution is 5.78. The fourth-order valence-electron chi connectivity index (χ4n) is 3.93. The molecule has 0 aromatic heterocycles. The Morgan fingerprint density at radius 3 is 2.94 bits per heavy atom. The molecule has 3 nitrogen and oxygen atoms in total. The summed E-state index contributed by atoms with van der Waals surface area (Å²) >= 11 is 0. The molecular weight excluding hydrogens is 212 g/mol. The molecule has 0 aromatic carbocycles. The van der Waals surface area contributed by atoms with Crippen molar-refractivity contribution in [3.63, 3.8) is 0 Å². The second-order valence-corrected chi connectivity index (χ2v) is 6.03. The predicted molar refractivity (Wildman–Crippen MR) is 69.5 cm³/mol. The molecule has 1 amide bonds. The summed E-state index contributed by atoms with van der Waals surface area (Å²) in [5, 5.41) is 3.39. The van der Waals surface area contributed by atoms with Crippen LogP contribution in [-0.4, -0.2) is 19.0 Å². The van der Waals surface area contributed by atoms with Gasteiger partial charge >= 0.3 is 0 Å². The first-order valence-corrected chi connectivity index (χ1v) is 7.18. The van der Waals surface area contributed by atoms with Gasteiger partial charge in [-0.2, -0.15) is 0 Å². The Hall–Kier alpha value is -0.570. The van der Waals surface area contributed by atoms with Gasteiger partial charge in [0.2, 0.25) is 5.91 Å². The van der Waals surface area contributed by atoms with Crippen LogP contribution in [-0.2, 0) is 4.79 Å². The normalized spacial score (nSPS) is 38.2. The molecule has 3 atom stereocenters. The van der Waals surface area contributed by atoms with Crippen molar-refractivity contribution in [2.75, 3.05) is 13.1 Å². The van der Waals surface area contributed by atoms with Gasteiger partial charge in [0.05, 0.1) is 5.92 Å². The summed E-state index contributed by atoms with van der Waals surface area (Å²) in [6.45, 7) is 4.07. The van der Waals surface area contributed by atoms with Gasteiger partial charge in [-0.05, 0) is 30.6 Å². The Balaban J connectivity index is 2.03. The molecule has 3 N–H and O–H groups in total. The Bertz CT molecular complexity index is 279. The molecule has 98 valence electrons. The highest BCUT2D eigenvalue weighted by Gasteiger charge is 2.46. The summed E-state index contributed by atoms with van der Waals surface area (Å²) in [7, 11) is 0. The number of hydrogen-bond donors (Lipinski definition) is 2. The van der Waals surface area contributed by atoms with Crippen LogP contribution in [0.25, 0.3) is 0 Å². The van der Waals surface area contributed by atoms with Gasteiger partial charge in [0.1, 0.15) is 0 Å². The lowest BCUT2D eigenvalue weighted by atomic mass is 9.72. The van der Waals surface area contributed by atoms with Crippen LogP contribution < -0.4 is 11.1 Å². The smallest absolute Gasteiger partial charge is 0.222 e. The Labute approximate surface area is 105 Å². The molecule has 0 radical (unpaired) electrons. The van der Waals surface area contributed by atoms with E-state index in [1.54, 1.807) is 0 Å². The van der Waals surface area contributed by atoms with Gasteiger partial charge in [-0.1, -0.05) is 32.6 Å². The molecular formula is C14H26N2O. The molecule has 2 rings (SSSR count). The third-order valence-corrected chi connectivity index (χ3v) is 4.94. The minimum Gasteiger partial charge on any atom is -0.369 e.